The Morgan fingerprint density at radius 1 is 1.24 bits per heavy atom. The summed E-state index contributed by atoms with van der Waals surface area (Å²) in [6, 6.07) is 2.29. The average molecular weight is 347 g/mol. The summed E-state index contributed by atoms with van der Waals surface area (Å²) in [6.45, 7) is 8.22. The maximum atomic E-state index is 9.73. The molecule has 3 heterocycles. The predicted octanol–water partition coefficient (Wildman–Crippen LogP) is 1.67. The van der Waals surface area contributed by atoms with Crippen LogP contribution < -0.4 is 9.64 Å². The topological polar surface area (TPSA) is 76.8 Å². The van der Waals surface area contributed by atoms with Crippen molar-refractivity contribution in [1.82, 2.24) is 4.98 Å². The summed E-state index contributed by atoms with van der Waals surface area (Å²) < 4.78 is 22.3. The van der Waals surface area contributed by atoms with E-state index in [0.29, 0.717) is 50.9 Å². The van der Waals surface area contributed by atoms with Crippen LogP contribution >= 0.6 is 0 Å². The van der Waals surface area contributed by atoms with E-state index in [9.17, 15) is 5.26 Å². The molecular formula is C18H25N3O4. The molecule has 25 heavy (non-hydrogen) atoms. The Morgan fingerprint density at radius 3 is 2.68 bits per heavy atom. The fourth-order valence-electron chi connectivity index (χ4n) is 3.20. The summed E-state index contributed by atoms with van der Waals surface area (Å²) in [4.78, 5) is 6.88. The van der Waals surface area contributed by atoms with E-state index in [1.807, 2.05) is 13.8 Å². The molecule has 1 aromatic rings. The minimum atomic E-state index is -0.313. The number of morpholine rings is 1. The van der Waals surface area contributed by atoms with Crippen molar-refractivity contribution in [2.75, 3.05) is 51.5 Å². The van der Waals surface area contributed by atoms with E-state index < -0.39 is 0 Å². The van der Waals surface area contributed by atoms with E-state index in [4.69, 9.17) is 23.9 Å². The molecule has 0 radical (unpaired) electrons. The quantitative estimate of drug-likeness (QED) is 0.750. The highest BCUT2D eigenvalue weighted by Gasteiger charge is 2.33. The lowest BCUT2D eigenvalue weighted by Gasteiger charge is -2.36. The molecule has 0 unspecified atom stereocenters. The van der Waals surface area contributed by atoms with Gasteiger partial charge in [-0.2, -0.15) is 10.2 Å². The zero-order valence-corrected chi connectivity index (χ0v) is 15.1. The number of rotatable bonds is 5. The molecule has 3 rings (SSSR count). The minimum absolute atomic E-state index is 0.313. The first-order chi connectivity index (χ1) is 12.1. The number of methoxy groups -OCH3 is 1. The van der Waals surface area contributed by atoms with Crippen molar-refractivity contribution >= 4 is 5.82 Å². The third-order valence-corrected chi connectivity index (χ3v) is 4.52. The minimum Gasteiger partial charge on any atom is -0.474 e. The van der Waals surface area contributed by atoms with E-state index >= 15 is 0 Å². The molecule has 7 nitrogen and oxygen atoms in total. The van der Waals surface area contributed by atoms with Crippen molar-refractivity contribution < 1.29 is 18.9 Å². The highest BCUT2D eigenvalue weighted by atomic mass is 16.5. The number of fused-ring (bicyclic) bond motifs is 1. The van der Waals surface area contributed by atoms with Gasteiger partial charge in [0.15, 0.2) is 0 Å². The lowest BCUT2D eigenvalue weighted by Crippen LogP contribution is -2.39. The summed E-state index contributed by atoms with van der Waals surface area (Å²) in [7, 11) is 1.62. The largest absolute Gasteiger partial charge is 0.474 e. The van der Waals surface area contributed by atoms with Crippen LogP contribution in [0.4, 0.5) is 5.82 Å². The molecule has 7 heteroatoms. The second kappa shape index (κ2) is 7.56. The van der Waals surface area contributed by atoms with E-state index in [1.165, 1.54) is 0 Å². The Morgan fingerprint density at radius 2 is 2.00 bits per heavy atom. The first-order valence-corrected chi connectivity index (χ1v) is 8.60. The van der Waals surface area contributed by atoms with Crippen LogP contribution in [0.1, 0.15) is 30.5 Å². The van der Waals surface area contributed by atoms with Gasteiger partial charge in [0.25, 0.3) is 0 Å². The van der Waals surface area contributed by atoms with Gasteiger partial charge in [-0.05, 0) is 19.4 Å². The Balaban J connectivity index is 2.05. The standard InChI is InChI=1S/C18H25N3O4/c1-18(2)10-13-14(11-19)17(24-9-8-22-3)20-16(15(13)12-25-18)21-4-6-23-7-5-21/h4-10,12H2,1-3H3. The molecule has 0 aromatic carbocycles. The second-order valence-electron chi connectivity index (χ2n) is 6.85. The molecule has 0 bridgehead atoms. The highest BCUT2D eigenvalue weighted by Crippen LogP contribution is 2.38. The Bertz CT molecular complexity index is 663. The molecule has 1 saturated heterocycles. The van der Waals surface area contributed by atoms with Gasteiger partial charge < -0.3 is 23.8 Å². The zero-order valence-electron chi connectivity index (χ0n) is 15.1. The third-order valence-electron chi connectivity index (χ3n) is 4.52. The molecule has 1 aromatic heterocycles. The van der Waals surface area contributed by atoms with Crippen LogP contribution in [-0.4, -0.2) is 57.2 Å². The third kappa shape index (κ3) is 3.87. The summed E-state index contributed by atoms with van der Waals surface area (Å²) in [5, 5.41) is 9.73. The first kappa shape index (κ1) is 17.9. The molecule has 2 aliphatic heterocycles. The van der Waals surface area contributed by atoms with Crippen molar-refractivity contribution in [3.05, 3.63) is 16.7 Å². The van der Waals surface area contributed by atoms with Gasteiger partial charge in [-0.25, -0.2) is 0 Å². The fraction of sp³-hybridized carbons (Fsp3) is 0.667. The Kier molecular flexibility index (Phi) is 5.42. The summed E-state index contributed by atoms with van der Waals surface area (Å²) in [5.41, 5.74) is 2.19. The SMILES string of the molecule is COCCOc1nc(N2CCOCC2)c2c(c1C#N)CC(C)(C)OC2. The smallest absolute Gasteiger partial charge is 0.234 e. The van der Waals surface area contributed by atoms with Gasteiger partial charge in [0.05, 0.1) is 32.0 Å². The number of aromatic nitrogens is 1. The molecule has 0 N–H and O–H groups in total. The maximum absolute atomic E-state index is 9.73. The van der Waals surface area contributed by atoms with E-state index in [0.717, 1.165) is 30.0 Å². The van der Waals surface area contributed by atoms with Gasteiger partial charge in [-0.1, -0.05) is 0 Å². The molecule has 0 aliphatic carbocycles. The van der Waals surface area contributed by atoms with E-state index in [2.05, 4.69) is 11.0 Å². The summed E-state index contributed by atoms with van der Waals surface area (Å²) >= 11 is 0. The van der Waals surface area contributed by atoms with Crippen LogP contribution in [0, 0.1) is 11.3 Å². The van der Waals surface area contributed by atoms with Crippen molar-refractivity contribution in [2.24, 2.45) is 0 Å². The number of hydrogen-bond acceptors (Lipinski definition) is 7. The number of hydrogen-bond donors (Lipinski definition) is 0. The maximum Gasteiger partial charge on any atom is 0.234 e. The lowest BCUT2D eigenvalue weighted by atomic mass is 9.89. The van der Waals surface area contributed by atoms with Crippen molar-refractivity contribution in [3.8, 4) is 11.9 Å². The van der Waals surface area contributed by atoms with Gasteiger partial charge in [0.2, 0.25) is 5.88 Å². The molecule has 0 atom stereocenters. The molecule has 1 fully saturated rings. The molecular weight excluding hydrogens is 322 g/mol. The number of pyridine rings is 1. The van der Waals surface area contributed by atoms with Crippen LogP contribution in [0.25, 0.3) is 0 Å². The normalized spacial score (nSPS) is 19.2. The van der Waals surface area contributed by atoms with Crippen LogP contribution in [0.3, 0.4) is 0 Å². The van der Waals surface area contributed by atoms with Gasteiger partial charge in [0.1, 0.15) is 24.1 Å². The molecule has 0 amide bonds. The van der Waals surface area contributed by atoms with Crippen LogP contribution in [-0.2, 0) is 27.2 Å². The number of nitrogens with zero attached hydrogens (tertiary/aromatic N) is 3. The lowest BCUT2D eigenvalue weighted by molar-refractivity contribution is -0.0402. The average Bonchev–Trinajstić information content (AvgIpc) is 2.61. The van der Waals surface area contributed by atoms with E-state index in [1.54, 1.807) is 7.11 Å². The molecule has 0 spiro atoms. The summed E-state index contributed by atoms with van der Waals surface area (Å²) in [6.07, 6.45) is 0.658. The van der Waals surface area contributed by atoms with Crippen molar-refractivity contribution in [2.45, 2.75) is 32.5 Å². The zero-order chi connectivity index (χ0) is 17.9. The van der Waals surface area contributed by atoms with Gasteiger partial charge in [0, 0.05) is 32.2 Å². The van der Waals surface area contributed by atoms with Gasteiger partial charge in [-0.15, -0.1) is 0 Å². The van der Waals surface area contributed by atoms with Gasteiger partial charge in [-0.3, -0.25) is 0 Å². The number of ether oxygens (including phenoxy) is 4. The van der Waals surface area contributed by atoms with Gasteiger partial charge >= 0.3 is 0 Å². The van der Waals surface area contributed by atoms with Crippen molar-refractivity contribution in [1.29, 1.82) is 5.26 Å². The Labute approximate surface area is 148 Å². The molecule has 0 saturated carbocycles. The molecule has 136 valence electrons. The van der Waals surface area contributed by atoms with Crippen molar-refractivity contribution in [3.63, 3.8) is 0 Å². The van der Waals surface area contributed by atoms with Crippen LogP contribution in [0.2, 0.25) is 0 Å². The highest BCUT2D eigenvalue weighted by molar-refractivity contribution is 5.61. The van der Waals surface area contributed by atoms with Crippen LogP contribution in [0.15, 0.2) is 0 Å². The molecule has 2 aliphatic rings. The summed E-state index contributed by atoms with van der Waals surface area (Å²) in [5.74, 6) is 1.23. The predicted molar refractivity (Wildman–Crippen MR) is 91.9 cm³/mol. The van der Waals surface area contributed by atoms with E-state index in [-0.39, 0.29) is 5.60 Å². The number of anilines is 1. The Hall–Kier alpha value is -1.88. The van der Waals surface area contributed by atoms with Crippen LogP contribution in [0.5, 0.6) is 5.88 Å². The number of nitriles is 1. The monoisotopic (exact) mass is 347 g/mol. The fourth-order valence-corrected chi connectivity index (χ4v) is 3.20. The second-order valence-corrected chi connectivity index (χ2v) is 6.85. The first-order valence-electron chi connectivity index (χ1n) is 8.60.